The maximum atomic E-state index is 11.2. The summed E-state index contributed by atoms with van der Waals surface area (Å²) >= 11 is 0. The number of ether oxygens (including phenoxy) is 1. The van der Waals surface area contributed by atoms with Gasteiger partial charge in [0.25, 0.3) is 0 Å². The smallest absolute Gasteiger partial charge is 0.334 e. The van der Waals surface area contributed by atoms with E-state index in [1.54, 1.807) is 6.92 Å². The molecule has 0 heterocycles. The van der Waals surface area contributed by atoms with E-state index in [9.17, 15) is 4.79 Å². The van der Waals surface area contributed by atoms with E-state index in [2.05, 4.69) is 32.7 Å². The minimum atomic E-state index is -0.306. The molecule has 0 amide bonds. The number of hydrogen-bond acceptors (Lipinski definition) is 3. The Labute approximate surface area is 92.9 Å². The summed E-state index contributed by atoms with van der Waals surface area (Å²) in [6.45, 7) is 13.8. The summed E-state index contributed by atoms with van der Waals surface area (Å²) in [5.74, 6) is -0.306. The second kappa shape index (κ2) is 6.62. The second-order valence-corrected chi connectivity index (χ2v) is 4.45. The molecule has 0 unspecified atom stereocenters. The summed E-state index contributed by atoms with van der Waals surface area (Å²) in [6.07, 6.45) is 1.10. The Kier molecular flexibility index (Phi) is 6.25. The molecule has 0 aromatic heterocycles. The van der Waals surface area contributed by atoms with Crippen molar-refractivity contribution in [1.29, 1.82) is 0 Å². The Bertz CT molecular complexity index is 222. The molecule has 3 heteroatoms. The fourth-order valence-corrected chi connectivity index (χ4v) is 0.982. The maximum Gasteiger partial charge on any atom is 0.334 e. The number of esters is 1. The Balaban J connectivity index is 3.77. The molecule has 3 nitrogen and oxygen atoms in total. The minimum Gasteiger partial charge on any atom is -0.463 e. The van der Waals surface area contributed by atoms with Crippen molar-refractivity contribution >= 4 is 5.97 Å². The first-order chi connectivity index (χ1) is 6.93. The van der Waals surface area contributed by atoms with Crippen LogP contribution < -0.4 is 5.32 Å². The van der Waals surface area contributed by atoms with Crippen LogP contribution in [0.25, 0.3) is 0 Å². The van der Waals surface area contributed by atoms with Crippen LogP contribution in [0.15, 0.2) is 12.2 Å². The van der Waals surface area contributed by atoms with Crippen molar-refractivity contribution in [3.05, 3.63) is 12.2 Å². The zero-order chi connectivity index (χ0) is 11.9. The van der Waals surface area contributed by atoms with Crippen molar-refractivity contribution in [2.24, 2.45) is 5.41 Å². The van der Waals surface area contributed by atoms with Gasteiger partial charge in [0, 0.05) is 18.7 Å². The van der Waals surface area contributed by atoms with Crippen LogP contribution in [0.1, 0.15) is 34.1 Å². The highest BCUT2D eigenvalue weighted by Crippen LogP contribution is 2.17. The summed E-state index contributed by atoms with van der Waals surface area (Å²) in [5, 5.41) is 3.22. The van der Waals surface area contributed by atoms with Gasteiger partial charge in [-0.05, 0) is 18.8 Å². The summed E-state index contributed by atoms with van der Waals surface area (Å²) in [4.78, 5) is 11.2. The lowest BCUT2D eigenvalue weighted by atomic mass is 9.90. The molecule has 0 saturated carbocycles. The number of rotatable bonds is 7. The van der Waals surface area contributed by atoms with Crippen LogP contribution in [0.3, 0.4) is 0 Å². The topological polar surface area (TPSA) is 38.3 Å². The van der Waals surface area contributed by atoms with Gasteiger partial charge >= 0.3 is 5.97 Å². The van der Waals surface area contributed by atoms with Crippen molar-refractivity contribution in [2.45, 2.75) is 34.1 Å². The van der Waals surface area contributed by atoms with Crippen molar-refractivity contribution < 1.29 is 9.53 Å². The highest BCUT2D eigenvalue weighted by molar-refractivity contribution is 5.88. The average molecular weight is 213 g/mol. The lowest BCUT2D eigenvalue weighted by Crippen LogP contribution is -2.31. The Morgan fingerprint density at radius 3 is 2.47 bits per heavy atom. The van der Waals surface area contributed by atoms with Gasteiger partial charge in [0.05, 0.1) is 6.61 Å². The lowest BCUT2D eigenvalue weighted by molar-refractivity contribution is -0.138. The molecular formula is C12H23NO2. The highest BCUT2D eigenvalue weighted by atomic mass is 16.5. The van der Waals surface area contributed by atoms with Crippen LogP contribution in [0.5, 0.6) is 0 Å². The molecular weight excluding hydrogens is 190 g/mol. The van der Waals surface area contributed by atoms with E-state index >= 15 is 0 Å². The predicted molar refractivity (Wildman–Crippen MR) is 62.7 cm³/mol. The molecule has 15 heavy (non-hydrogen) atoms. The highest BCUT2D eigenvalue weighted by Gasteiger charge is 2.15. The van der Waals surface area contributed by atoms with Crippen LogP contribution in [0, 0.1) is 5.41 Å². The van der Waals surface area contributed by atoms with Gasteiger partial charge in [-0.15, -0.1) is 0 Å². The van der Waals surface area contributed by atoms with Crippen LogP contribution in [0.2, 0.25) is 0 Å². The molecule has 0 rings (SSSR count). The Morgan fingerprint density at radius 2 is 2.00 bits per heavy atom. The molecule has 0 radical (unpaired) electrons. The fraction of sp³-hybridized carbons (Fsp3) is 0.750. The van der Waals surface area contributed by atoms with Gasteiger partial charge in [0.2, 0.25) is 0 Å². The number of nitrogens with one attached hydrogen (secondary N) is 1. The van der Waals surface area contributed by atoms with Crippen molar-refractivity contribution in [3.8, 4) is 0 Å². The molecule has 0 aromatic rings. The fourth-order valence-electron chi connectivity index (χ4n) is 0.982. The first-order valence-electron chi connectivity index (χ1n) is 5.48. The summed E-state index contributed by atoms with van der Waals surface area (Å²) in [5.41, 5.74) is 0.748. The lowest BCUT2D eigenvalue weighted by Gasteiger charge is -2.23. The van der Waals surface area contributed by atoms with Gasteiger partial charge in [-0.1, -0.05) is 27.4 Å². The zero-order valence-corrected chi connectivity index (χ0v) is 10.4. The third-order valence-corrected chi connectivity index (χ3v) is 2.46. The predicted octanol–water partition coefficient (Wildman–Crippen LogP) is 2.13. The standard InChI is InChI=1S/C12H23NO2/c1-6-12(4,5)9-13-8-10(3)11(14)15-7-2/h13H,3,6-9H2,1-2,4-5H3. The largest absolute Gasteiger partial charge is 0.463 e. The van der Waals surface area contributed by atoms with E-state index in [0.717, 1.165) is 13.0 Å². The van der Waals surface area contributed by atoms with Gasteiger partial charge < -0.3 is 10.1 Å². The molecule has 0 bridgehead atoms. The molecule has 1 N–H and O–H groups in total. The van der Waals surface area contributed by atoms with Crippen LogP contribution >= 0.6 is 0 Å². The molecule has 0 saturated heterocycles. The number of carbonyl (C=O) groups excluding carboxylic acids is 1. The Morgan fingerprint density at radius 1 is 1.40 bits per heavy atom. The monoisotopic (exact) mass is 213 g/mol. The average Bonchev–Trinajstić information content (AvgIpc) is 2.18. The second-order valence-electron chi connectivity index (χ2n) is 4.45. The normalized spacial score (nSPS) is 11.2. The third-order valence-electron chi connectivity index (χ3n) is 2.46. The molecule has 0 aliphatic carbocycles. The first-order valence-corrected chi connectivity index (χ1v) is 5.48. The van der Waals surface area contributed by atoms with Gasteiger partial charge in [-0.25, -0.2) is 4.79 Å². The summed E-state index contributed by atoms with van der Waals surface area (Å²) < 4.78 is 4.83. The molecule has 0 fully saturated rings. The van der Waals surface area contributed by atoms with Crippen molar-refractivity contribution in [2.75, 3.05) is 19.7 Å². The SMILES string of the molecule is C=C(CNCC(C)(C)CC)C(=O)OCC. The maximum absolute atomic E-state index is 11.2. The number of hydrogen-bond donors (Lipinski definition) is 1. The number of carbonyl (C=O) groups is 1. The molecule has 0 aliphatic rings. The van der Waals surface area contributed by atoms with E-state index in [4.69, 9.17) is 4.74 Å². The van der Waals surface area contributed by atoms with E-state index in [1.807, 2.05) is 0 Å². The Hall–Kier alpha value is -0.830. The van der Waals surface area contributed by atoms with Gasteiger partial charge in [0.1, 0.15) is 0 Å². The van der Waals surface area contributed by atoms with Crippen LogP contribution in [0.4, 0.5) is 0 Å². The summed E-state index contributed by atoms with van der Waals surface area (Å²) in [7, 11) is 0. The minimum absolute atomic E-state index is 0.259. The molecule has 0 spiro atoms. The van der Waals surface area contributed by atoms with Gasteiger partial charge in [-0.2, -0.15) is 0 Å². The van der Waals surface area contributed by atoms with E-state index in [-0.39, 0.29) is 11.4 Å². The zero-order valence-electron chi connectivity index (χ0n) is 10.4. The van der Waals surface area contributed by atoms with E-state index in [0.29, 0.717) is 18.7 Å². The quantitative estimate of drug-likeness (QED) is 0.520. The van der Waals surface area contributed by atoms with Gasteiger partial charge in [-0.3, -0.25) is 0 Å². The van der Waals surface area contributed by atoms with E-state index in [1.165, 1.54) is 0 Å². The third kappa shape index (κ3) is 6.28. The molecule has 88 valence electrons. The van der Waals surface area contributed by atoms with Crippen molar-refractivity contribution in [3.63, 3.8) is 0 Å². The first kappa shape index (κ1) is 14.2. The summed E-state index contributed by atoms with van der Waals surface area (Å²) in [6, 6.07) is 0. The van der Waals surface area contributed by atoms with Crippen LogP contribution in [-0.4, -0.2) is 25.7 Å². The van der Waals surface area contributed by atoms with Gasteiger partial charge in [0.15, 0.2) is 0 Å². The molecule has 0 atom stereocenters. The van der Waals surface area contributed by atoms with E-state index < -0.39 is 0 Å². The van der Waals surface area contributed by atoms with Crippen molar-refractivity contribution in [1.82, 2.24) is 5.32 Å². The van der Waals surface area contributed by atoms with Crippen LogP contribution in [-0.2, 0) is 9.53 Å². The molecule has 0 aromatic carbocycles. The molecule has 0 aliphatic heterocycles.